The second-order valence-corrected chi connectivity index (χ2v) is 4.41. The van der Waals surface area contributed by atoms with Crippen LogP contribution in [-0.4, -0.2) is 10.3 Å². The van der Waals surface area contributed by atoms with E-state index >= 15 is 0 Å². The lowest BCUT2D eigenvalue weighted by Crippen LogP contribution is -1.81. The van der Waals surface area contributed by atoms with Crippen LogP contribution in [0.3, 0.4) is 0 Å². The third kappa shape index (κ3) is 1.76. The SMILES string of the molecule is Nc1cc(-c2cc3cc(Cl)ccc3cc2O)no1. The Bertz CT molecular complexity index is 737. The fourth-order valence-electron chi connectivity index (χ4n) is 1.88. The van der Waals surface area contributed by atoms with Gasteiger partial charge < -0.3 is 15.4 Å². The van der Waals surface area contributed by atoms with Gasteiger partial charge in [-0.05, 0) is 35.0 Å². The highest BCUT2D eigenvalue weighted by atomic mass is 35.5. The molecule has 0 fully saturated rings. The van der Waals surface area contributed by atoms with Crippen LogP contribution in [0.1, 0.15) is 0 Å². The number of nitrogens with zero attached hydrogens (tertiary/aromatic N) is 1. The molecule has 0 bridgehead atoms. The Morgan fingerprint density at radius 2 is 1.94 bits per heavy atom. The predicted molar refractivity (Wildman–Crippen MR) is 70.5 cm³/mol. The van der Waals surface area contributed by atoms with Crippen molar-refractivity contribution in [1.29, 1.82) is 0 Å². The number of nitrogen functional groups attached to an aromatic ring is 1. The van der Waals surface area contributed by atoms with Gasteiger partial charge in [-0.2, -0.15) is 0 Å². The predicted octanol–water partition coefficient (Wildman–Crippen LogP) is 3.44. The van der Waals surface area contributed by atoms with Crippen molar-refractivity contribution in [2.75, 3.05) is 5.73 Å². The Labute approximate surface area is 108 Å². The lowest BCUT2D eigenvalue weighted by Gasteiger charge is -2.04. The van der Waals surface area contributed by atoms with E-state index in [0.717, 1.165) is 10.8 Å². The molecule has 1 aromatic heterocycles. The number of nitrogens with two attached hydrogens (primary N) is 1. The van der Waals surface area contributed by atoms with E-state index in [0.29, 0.717) is 16.3 Å². The molecule has 0 aliphatic heterocycles. The minimum atomic E-state index is 0.123. The molecule has 18 heavy (non-hydrogen) atoms. The standard InChI is InChI=1S/C13H9ClN2O2/c14-9-2-1-7-5-12(17)10(4-8(7)3-9)11-6-13(15)18-16-11/h1-6,17H,15H2. The fourth-order valence-corrected chi connectivity index (χ4v) is 2.06. The number of aromatic hydroxyl groups is 1. The minimum Gasteiger partial charge on any atom is -0.507 e. The first-order chi connectivity index (χ1) is 8.63. The Morgan fingerprint density at radius 1 is 1.11 bits per heavy atom. The van der Waals surface area contributed by atoms with Gasteiger partial charge in [-0.25, -0.2) is 0 Å². The van der Waals surface area contributed by atoms with Gasteiger partial charge in [0.15, 0.2) is 0 Å². The van der Waals surface area contributed by atoms with E-state index in [2.05, 4.69) is 5.16 Å². The Balaban J connectivity index is 2.26. The molecule has 3 N–H and O–H groups in total. The van der Waals surface area contributed by atoms with Gasteiger partial charge in [0.25, 0.3) is 0 Å². The van der Waals surface area contributed by atoms with Crippen molar-refractivity contribution in [3.05, 3.63) is 41.4 Å². The first-order valence-electron chi connectivity index (χ1n) is 5.28. The largest absolute Gasteiger partial charge is 0.507 e. The summed E-state index contributed by atoms with van der Waals surface area (Å²) in [6.45, 7) is 0. The van der Waals surface area contributed by atoms with E-state index < -0.39 is 0 Å². The molecule has 0 unspecified atom stereocenters. The summed E-state index contributed by atoms with van der Waals surface area (Å²) in [4.78, 5) is 0. The molecule has 0 aliphatic carbocycles. The van der Waals surface area contributed by atoms with Crippen molar-refractivity contribution in [2.24, 2.45) is 0 Å². The van der Waals surface area contributed by atoms with Crippen molar-refractivity contribution in [3.63, 3.8) is 0 Å². The average Bonchev–Trinajstić information content (AvgIpc) is 2.75. The van der Waals surface area contributed by atoms with Crippen LogP contribution in [0.4, 0.5) is 5.88 Å². The van der Waals surface area contributed by atoms with Gasteiger partial charge in [0, 0.05) is 16.7 Å². The number of rotatable bonds is 1. The molecule has 2 aromatic carbocycles. The lowest BCUT2D eigenvalue weighted by molar-refractivity contribution is 0.437. The Kier molecular flexibility index (Phi) is 2.38. The minimum absolute atomic E-state index is 0.123. The monoisotopic (exact) mass is 260 g/mol. The zero-order valence-electron chi connectivity index (χ0n) is 9.22. The zero-order chi connectivity index (χ0) is 12.7. The molecular weight excluding hydrogens is 252 g/mol. The van der Waals surface area contributed by atoms with Gasteiger partial charge in [0.2, 0.25) is 5.88 Å². The zero-order valence-corrected chi connectivity index (χ0v) is 9.98. The fraction of sp³-hybridized carbons (Fsp3) is 0. The Hall–Kier alpha value is -2.20. The number of phenolic OH excluding ortho intramolecular Hbond substituents is 1. The molecule has 0 saturated heterocycles. The van der Waals surface area contributed by atoms with Gasteiger partial charge in [-0.3, -0.25) is 0 Å². The van der Waals surface area contributed by atoms with E-state index in [1.54, 1.807) is 24.3 Å². The van der Waals surface area contributed by atoms with Crippen LogP contribution in [0.15, 0.2) is 40.9 Å². The van der Waals surface area contributed by atoms with Crippen LogP contribution >= 0.6 is 11.6 Å². The lowest BCUT2D eigenvalue weighted by atomic mass is 10.0. The number of halogens is 1. The number of phenols is 1. The van der Waals surface area contributed by atoms with E-state index in [4.69, 9.17) is 21.9 Å². The molecule has 0 saturated carbocycles. The van der Waals surface area contributed by atoms with Crippen molar-refractivity contribution in [3.8, 4) is 17.0 Å². The molecule has 5 heteroatoms. The molecule has 90 valence electrons. The number of aromatic nitrogens is 1. The number of hydrogen-bond donors (Lipinski definition) is 2. The highest BCUT2D eigenvalue weighted by Gasteiger charge is 2.11. The summed E-state index contributed by atoms with van der Waals surface area (Å²) in [7, 11) is 0. The smallest absolute Gasteiger partial charge is 0.222 e. The summed E-state index contributed by atoms with van der Waals surface area (Å²) in [5.41, 5.74) is 6.52. The van der Waals surface area contributed by atoms with Crippen molar-refractivity contribution in [2.45, 2.75) is 0 Å². The summed E-state index contributed by atoms with van der Waals surface area (Å²) in [6.07, 6.45) is 0. The first kappa shape index (κ1) is 10.9. The maximum atomic E-state index is 9.99. The molecule has 0 amide bonds. The van der Waals surface area contributed by atoms with E-state index in [1.807, 2.05) is 12.1 Å². The molecular formula is C13H9ClN2O2. The van der Waals surface area contributed by atoms with Crippen LogP contribution in [0, 0.1) is 0 Å². The van der Waals surface area contributed by atoms with Crippen molar-refractivity contribution >= 4 is 28.3 Å². The number of fused-ring (bicyclic) bond motifs is 1. The maximum absolute atomic E-state index is 9.99. The highest BCUT2D eigenvalue weighted by molar-refractivity contribution is 6.31. The van der Waals surface area contributed by atoms with Crippen LogP contribution in [0.25, 0.3) is 22.0 Å². The van der Waals surface area contributed by atoms with E-state index in [1.165, 1.54) is 0 Å². The summed E-state index contributed by atoms with van der Waals surface area (Å²) < 4.78 is 4.80. The van der Waals surface area contributed by atoms with Crippen LogP contribution in [0.5, 0.6) is 5.75 Å². The number of benzene rings is 2. The molecule has 3 aromatic rings. The summed E-state index contributed by atoms with van der Waals surface area (Å²) in [5, 5.41) is 16.2. The number of anilines is 1. The normalized spacial score (nSPS) is 10.9. The van der Waals surface area contributed by atoms with E-state index in [9.17, 15) is 5.11 Å². The number of hydrogen-bond acceptors (Lipinski definition) is 4. The van der Waals surface area contributed by atoms with Gasteiger partial charge >= 0.3 is 0 Å². The second-order valence-electron chi connectivity index (χ2n) is 3.98. The third-order valence-corrected chi connectivity index (χ3v) is 2.96. The summed E-state index contributed by atoms with van der Waals surface area (Å²) in [6, 6.07) is 10.5. The van der Waals surface area contributed by atoms with E-state index in [-0.39, 0.29) is 11.6 Å². The topological polar surface area (TPSA) is 72.3 Å². The van der Waals surface area contributed by atoms with Gasteiger partial charge in [0.1, 0.15) is 11.4 Å². The molecule has 0 atom stereocenters. The third-order valence-electron chi connectivity index (χ3n) is 2.72. The quantitative estimate of drug-likeness (QED) is 0.703. The summed E-state index contributed by atoms with van der Waals surface area (Å²) >= 11 is 5.94. The molecule has 3 rings (SSSR count). The first-order valence-corrected chi connectivity index (χ1v) is 5.66. The average molecular weight is 261 g/mol. The molecule has 0 aliphatic rings. The molecule has 1 heterocycles. The van der Waals surface area contributed by atoms with Crippen molar-refractivity contribution < 1.29 is 9.63 Å². The van der Waals surface area contributed by atoms with Gasteiger partial charge in [-0.1, -0.05) is 22.8 Å². The van der Waals surface area contributed by atoms with Crippen molar-refractivity contribution in [1.82, 2.24) is 5.16 Å². The van der Waals surface area contributed by atoms with Gasteiger partial charge in [0.05, 0.1) is 0 Å². The highest BCUT2D eigenvalue weighted by Crippen LogP contribution is 2.34. The Morgan fingerprint density at radius 3 is 2.67 bits per heavy atom. The van der Waals surface area contributed by atoms with Gasteiger partial charge in [-0.15, -0.1) is 0 Å². The van der Waals surface area contributed by atoms with Crippen LogP contribution < -0.4 is 5.73 Å². The maximum Gasteiger partial charge on any atom is 0.222 e. The molecule has 0 radical (unpaired) electrons. The van der Waals surface area contributed by atoms with Crippen LogP contribution in [-0.2, 0) is 0 Å². The second kappa shape index (κ2) is 3.92. The molecule has 4 nitrogen and oxygen atoms in total. The molecule has 0 spiro atoms. The summed E-state index contributed by atoms with van der Waals surface area (Å²) in [5.74, 6) is 0.328. The van der Waals surface area contributed by atoms with Crippen LogP contribution in [0.2, 0.25) is 5.02 Å².